The minimum Gasteiger partial charge on any atom is -0.504 e. The summed E-state index contributed by atoms with van der Waals surface area (Å²) in [6, 6.07) is 2.41. The van der Waals surface area contributed by atoms with Gasteiger partial charge < -0.3 is 9.84 Å². The topological polar surface area (TPSA) is 72.6 Å². The van der Waals surface area contributed by atoms with Crippen molar-refractivity contribution in [2.75, 3.05) is 7.11 Å². The molecule has 0 atom stereocenters. The Hall–Kier alpha value is -1.78. The zero-order valence-electron chi connectivity index (χ0n) is 7.27. The van der Waals surface area contributed by atoms with Gasteiger partial charge in [0.2, 0.25) is 0 Å². The lowest BCUT2D eigenvalue weighted by atomic mass is 10.2. The molecule has 0 amide bonds. The van der Waals surface area contributed by atoms with Crippen LogP contribution in [0.15, 0.2) is 12.1 Å². The molecule has 70 valence electrons. The van der Waals surface area contributed by atoms with Crippen LogP contribution in [0.4, 0.5) is 5.69 Å². The van der Waals surface area contributed by atoms with Crippen molar-refractivity contribution in [3.63, 3.8) is 0 Å². The molecule has 13 heavy (non-hydrogen) atoms. The van der Waals surface area contributed by atoms with E-state index in [0.29, 0.717) is 5.56 Å². The normalized spacial score (nSPS) is 9.69. The highest BCUT2D eigenvalue weighted by Crippen LogP contribution is 2.33. The number of phenolic OH excluding ortho intramolecular Hbond substituents is 1. The number of nitro groups is 1. The molecule has 1 aromatic rings. The van der Waals surface area contributed by atoms with Crippen LogP contribution in [-0.4, -0.2) is 17.1 Å². The molecule has 1 rings (SSSR count). The van der Waals surface area contributed by atoms with Crippen molar-refractivity contribution in [1.82, 2.24) is 0 Å². The number of benzene rings is 1. The minimum atomic E-state index is -0.563. The first kappa shape index (κ1) is 9.31. The number of nitro benzene ring substituents is 1. The fourth-order valence-electron chi connectivity index (χ4n) is 1.11. The van der Waals surface area contributed by atoms with Crippen LogP contribution in [-0.2, 0) is 0 Å². The number of phenols is 1. The molecule has 0 aliphatic rings. The molecule has 0 aromatic heterocycles. The number of aryl methyl sites for hydroxylation is 1. The molecule has 5 heteroatoms. The van der Waals surface area contributed by atoms with E-state index in [2.05, 4.69) is 0 Å². The van der Waals surface area contributed by atoms with Gasteiger partial charge in [0.1, 0.15) is 0 Å². The smallest absolute Gasteiger partial charge is 0.273 e. The van der Waals surface area contributed by atoms with Gasteiger partial charge in [0.05, 0.1) is 18.1 Å². The molecule has 0 spiro atoms. The lowest BCUT2D eigenvalue weighted by molar-refractivity contribution is -0.385. The van der Waals surface area contributed by atoms with E-state index in [-0.39, 0.29) is 17.2 Å². The molecule has 0 fully saturated rings. The lowest BCUT2D eigenvalue weighted by Crippen LogP contribution is -1.92. The third kappa shape index (κ3) is 1.69. The van der Waals surface area contributed by atoms with E-state index in [4.69, 9.17) is 4.74 Å². The largest absolute Gasteiger partial charge is 0.504 e. The van der Waals surface area contributed by atoms with Crippen LogP contribution < -0.4 is 4.74 Å². The molecule has 5 nitrogen and oxygen atoms in total. The van der Waals surface area contributed by atoms with E-state index in [1.54, 1.807) is 6.92 Å². The van der Waals surface area contributed by atoms with Crippen LogP contribution in [0, 0.1) is 17.0 Å². The SMILES string of the molecule is COc1c(C)cc([N+](=O)[O-])cc1O. The second-order valence-electron chi connectivity index (χ2n) is 2.57. The highest BCUT2D eigenvalue weighted by molar-refractivity contribution is 5.52. The van der Waals surface area contributed by atoms with Crippen LogP contribution >= 0.6 is 0 Å². The highest BCUT2D eigenvalue weighted by atomic mass is 16.6. The van der Waals surface area contributed by atoms with Crippen molar-refractivity contribution in [1.29, 1.82) is 0 Å². The van der Waals surface area contributed by atoms with E-state index in [9.17, 15) is 15.2 Å². The monoisotopic (exact) mass is 183 g/mol. The molecule has 1 N–H and O–H groups in total. The number of aromatic hydroxyl groups is 1. The third-order valence-electron chi connectivity index (χ3n) is 1.65. The molecule has 0 radical (unpaired) electrons. The molecule has 0 bridgehead atoms. The summed E-state index contributed by atoms with van der Waals surface area (Å²) in [6.07, 6.45) is 0. The Labute approximate surface area is 74.7 Å². The average molecular weight is 183 g/mol. The molecule has 1 aromatic carbocycles. The molecule has 0 aliphatic carbocycles. The Morgan fingerprint density at radius 2 is 2.15 bits per heavy atom. The van der Waals surface area contributed by atoms with E-state index in [1.165, 1.54) is 13.2 Å². The number of nitrogens with zero attached hydrogens (tertiary/aromatic N) is 1. The van der Waals surface area contributed by atoms with Gasteiger partial charge >= 0.3 is 0 Å². The van der Waals surface area contributed by atoms with Crippen molar-refractivity contribution in [3.8, 4) is 11.5 Å². The Bertz CT molecular complexity index is 325. The van der Waals surface area contributed by atoms with Gasteiger partial charge in [0, 0.05) is 11.6 Å². The number of hydrogen-bond donors (Lipinski definition) is 1. The van der Waals surface area contributed by atoms with Crippen LogP contribution in [0.3, 0.4) is 0 Å². The predicted octanol–water partition coefficient (Wildman–Crippen LogP) is 1.62. The summed E-state index contributed by atoms with van der Waals surface area (Å²) < 4.78 is 4.84. The van der Waals surface area contributed by atoms with Gasteiger partial charge in [-0.2, -0.15) is 0 Å². The molecular weight excluding hydrogens is 174 g/mol. The summed E-state index contributed by atoms with van der Waals surface area (Å²) in [5.74, 6) is 0.0554. The third-order valence-corrected chi connectivity index (χ3v) is 1.65. The van der Waals surface area contributed by atoms with Gasteiger partial charge in [-0.05, 0) is 6.92 Å². The van der Waals surface area contributed by atoms with Gasteiger partial charge in [0.25, 0.3) is 5.69 Å². The second-order valence-corrected chi connectivity index (χ2v) is 2.57. The Kier molecular flexibility index (Phi) is 2.36. The maximum atomic E-state index is 10.4. The van der Waals surface area contributed by atoms with Crippen molar-refractivity contribution in [2.24, 2.45) is 0 Å². The zero-order chi connectivity index (χ0) is 10.0. The van der Waals surface area contributed by atoms with E-state index < -0.39 is 4.92 Å². The van der Waals surface area contributed by atoms with Gasteiger partial charge in [-0.1, -0.05) is 0 Å². The Morgan fingerprint density at radius 1 is 1.54 bits per heavy atom. The molecular formula is C8H9NO4. The van der Waals surface area contributed by atoms with Crippen molar-refractivity contribution in [2.45, 2.75) is 6.92 Å². The van der Waals surface area contributed by atoms with Crippen LogP contribution in [0.2, 0.25) is 0 Å². The predicted molar refractivity (Wildman–Crippen MR) is 46.1 cm³/mol. The van der Waals surface area contributed by atoms with Crippen LogP contribution in [0.25, 0.3) is 0 Å². The summed E-state index contributed by atoms with van der Waals surface area (Å²) >= 11 is 0. The Morgan fingerprint density at radius 3 is 2.54 bits per heavy atom. The van der Waals surface area contributed by atoms with Gasteiger partial charge in [-0.3, -0.25) is 10.1 Å². The van der Waals surface area contributed by atoms with E-state index in [0.717, 1.165) is 6.07 Å². The number of rotatable bonds is 2. The summed E-state index contributed by atoms with van der Waals surface area (Å²) in [6.45, 7) is 1.63. The lowest BCUT2D eigenvalue weighted by Gasteiger charge is -2.05. The van der Waals surface area contributed by atoms with E-state index >= 15 is 0 Å². The summed E-state index contributed by atoms with van der Waals surface area (Å²) in [5, 5.41) is 19.7. The summed E-state index contributed by atoms with van der Waals surface area (Å²) in [4.78, 5) is 9.80. The van der Waals surface area contributed by atoms with Crippen molar-refractivity contribution >= 4 is 5.69 Å². The number of ether oxygens (including phenoxy) is 1. The fraction of sp³-hybridized carbons (Fsp3) is 0.250. The zero-order valence-corrected chi connectivity index (χ0v) is 7.27. The van der Waals surface area contributed by atoms with Gasteiger partial charge in [-0.25, -0.2) is 0 Å². The first-order valence-electron chi connectivity index (χ1n) is 3.58. The van der Waals surface area contributed by atoms with E-state index in [1.807, 2.05) is 0 Å². The summed E-state index contributed by atoms with van der Waals surface area (Å²) in [5.41, 5.74) is 0.394. The number of non-ortho nitro benzene ring substituents is 1. The van der Waals surface area contributed by atoms with Gasteiger partial charge in [-0.15, -0.1) is 0 Å². The standard InChI is InChI=1S/C8H9NO4/c1-5-3-6(9(11)12)4-7(10)8(5)13-2/h3-4,10H,1-2H3. The molecule has 0 unspecified atom stereocenters. The van der Waals surface area contributed by atoms with Gasteiger partial charge in [0.15, 0.2) is 11.5 Å². The van der Waals surface area contributed by atoms with Crippen LogP contribution in [0.1, 0.15) is 5.56 Å². The molecule has 0 aliphatic heterocycles. The van der Waals surface area contributed by atoms with Crippen LogP contribution in [0.5, 0.6) is 11.5 Å². The minimum absolute atomic E-state index is 0.143. The maximum absolute atomic E-state index is 10.4. The fourth-order valence-corrected chi connectivity index (χ4v) is 1.11. The Balaban J connectivity index is 3.28. The highest BCUT2D eigenvalue weighted by Gasteiger charge is 2.13. The first-order chi connectivity index (χ1) is 6.06. The van der Waals surface area contributed by atoms with Crippen molar-refractivity contribution < 1.29 is 14.8 Å². The second kappa shape index (κ2) is 3.30. The van der Waals surface area contributed by atoms with Crippen molar-refractivity contribution in [3.05, 3.63) is 27.8 Å². The number of hydrogen-bond acceptors (Lipinski definition) is 4. The first-order valence-corrected chi connectivity index (χ1v) is 3.58. The summed E-state index contributed by atoms with van der Waals surface area (Å²) in [7, 11) is 1.40. The quantitative estimate of drug-likeness (QED) is 0.558. The molecule has 0 saturated heterocycles. The average Bonchev–Trinajstić information content (AvgIpc) is 2.03. The molecule has 0 heterocycles. The molecule has 0 saturated carbocycles. The number of methoxy groups -OCH3 is 1. The maximum Gasteiger partial charge on any atom is 0.273 e.